The molecule has 0 aromatic carbocycles. The summed E-state index contributed by atoms with van der Waals surface area (Å²) in [7, 11) is 0. The lowest BCUT2D eigenvalue weighted by molar-refractivity contribution is 0.100. The van der Waals surface area contributed by atoms with E-state index in [0.29, 0.717) is 11.3 Å². The molecule has 0 saturated carbocycles. The van der Waals surface area contributed by atoms with Crippen LogP contribution < -0.4 is 5.73 Å². The standard InChI is InChI=1S/C12H8FN5O/c13-9-5-1-4-8(15-9)11-16-12-7(10(14)19)3-2-6-18(12)17-11/h1-6H,(H2,14,19). The molecule has 3 rings (SSSR count). The molecule has 0 atom stereocenters. The molecule has 0 aliphatic carbocycles. The molecule has 0 saturated heterocycles. The normalized spacial score (nSPS) is 10.8. The summed E-state index contributed by atoms with van der Waals surface area (Å²) in [5, 5.41) is 4.14. The first-order chi connectivity index (χ1) is 9.15. The molecule has 0 bridgehead atoms. The monoisotopic (exact) mass is 257 g/mol. The second kappa shape index (κ2) is 4.13. The Morgan fingerprint density at radius 1 is 1.21 bits per heavy atom. The summed E-state index contributed by atoms with van der Waals surface area (Å²) >= 11 is 0. The van der Waals surface area contributed by atoms with E-state index in [4.69, 9.17) is 5.73 Å². The SMILES string of the molecule is NC(=O)c1cccn2nc(-c3cccc(F)n3)nc12. The van der Waals surface area contributed by atoms with Crippen LogP contribution in [0, 0.1) is 5.95 Å². The van der Waals surface area contributed by atoms with Gasteiger partial charge in [0.2, 0.25) is 11.8 Å². The number of carbonyl (C=O) groups excluding carboxylic acids is 1. The molecule has 3 aromatic heterocycles. The van der Waals surface area contributed by atoms with Crippen LogP contribution in [0.2, 0.25) is 0 Å². The highest BCUT2D eigenvalue weighted by Gasteiger charge is 2.13. The largest absolute Gasteiger partial charge is 0.365 e. The lowest BCUT2D eigenvalue weighted by Gasteiger charge is -1.95. The number of carbonyl (C=O) groups is 1. The highest BCUT2D eigenvalue weighted by molar-refractivity contribution is 5.98. The van der Waals surface area contributed by atoms with Crippen LogP contribution in [-0.4, -0.2) is 25.5 Å². The molecule has 0 aliphatic heterocycles. The number of aromatic nitrogens is 4. The van der Waals surface area contributed by atoms with Gasteiger partial charge in [-0.1, -0.05) is 6.07 Å². The van der Waals surface area contributed by atoms with Crippen molar-refractivity contribution < 1.29 is 9.18 Å². The molecule has 2 N–H and O–H groups in total. The van der Waals surface area contributed by atoms with Crippen molar-refractivity contribution in [2.45, 2.75) is 0 Å². The molecular formula is C12H8FN5O. The number of nitrogens with zero attached hydrogens (tertiary/aromatic N) is 4. The number of primary amides is 1. The molecule has 0 radical (unpaired) electrons. The summed E-state index contributed by atoms with van der Waals surface area (Å²) in [6, 6.07) is 7.51. The second-order valence-corrected chi connectivity index (χ2v) is 3.84. The maximum atomic E-state index is 13.1. The predicted octanol–water partition coefficient (Wildman–Crippen LogP) is 1.03. The van der Waals surface area contributed by atoms with Gasteiger partial charge < -0.3 is 5.73 Å². The Bertz CT molecular complexity index is 783. The van der Waals surface area contributed by atoms with Gasteiger partial charge in [-0.05, 0) is 24.3 Å². The zero-order chi connectivity index (χ0) is 13.4. The van der Waals surface area contributed by atoms with E-state index in [0.717, 1.165) is 0 Å². The third-order valence-corrected chi connectivity index (χ3v) is 2.57. The second-order valence-electron chi connectivity index (χ2n) is 3.84. The fourth-order valence-corrected chi connectivity index (χ4v) is 1.74. The molecule has 0 unspecified atom stereocenters. The van der Waals surface area contributed by atoms with E-state index in [2.05, 4.69) is 15.1 Å². The van der Waals surface area contributed by atoms with Crippen LogP contribution in [0.4, 0.5) is 4.39 Å². The van der Waals surface area contributed by atoms with Gasteiger partial charge >= 0.3 is 0 Å². The third-order valence-electron chi connectivity index (χ3n) is 2.57. The number of nitrogens with two attached hydrogens (primary N) is 1. The Balaban J connectivity index is 2.22. The van der Waals surface area contributed by atoms with E-state index in [9.17, 15) is 9.18 Å². The molecule has 6 nitrogen and oxygen atoms in total. The molecule has 3 aromatic rings. The van der Waals surface area contributed by atoms with Crippen molar-refractivity contribution in [2.24, 2.45) is 5.73 Å². The minimum atomic E-state index is -0.619. The summed E-state index contributed by atoms with van der Waals surface area (Å²) in [4.78, 5) is 19.1. The Morgan fingerprint density at radius 3 is 2.79 bits per heavy atom. The molecule has 3 heterocycles. The number of rotatable bonds is 2. The van der Waals surface area contributed by atoms with Crippen molar-refractivity contribution in [1.29, 1.82) is 0 Å². The summed E-state index contributed by atoms with van der Waals surface area (Å²) in [6.07, 6.45) is 1.62. The summed E-state index contributed by atoms with van der Waals surface area (Å²) in [5.74, 6) is -0.989. The van der Waals surface area contributed by atoms with Gasteiger partial charge in [0.1, 0.15) is 5.69 Å². The predicted molar refractivity (Wildman–Crippen MR) is 64.7 cm³/mol. The van der Waals surface area contributed by atoms with Crippen LogP contribution in [0.1, 0.15) is 10.4 Å². The first-order valence-electron chi connectivity index (χ1n) is 5.43. The van der Waals surface area contributed by atoms with Gasteiger partial charge in [0, 0.05) is 6.20 Å². The molecule has 7 heteroatoms. The Labute approximate surface area is 106 Å². The van der Waals surface area contributed by atoms with E-state index in [-0.39, 0.29) is 11.4 Å². The lowest BCUT2D eigenvalue weighted by atomic mass is 10.2. The van der Waals surface area contributed by atoms with E-state index >= 15 is 0 Å². The Kier molecular flexibility index (Phi) is 2.45. The first-order valence-corrected chi connectivity index (χ1v) is 5.43. The van der Waals surface area contributed by atoms with Crippen molar-refractivity contribution >= 4 is 11.6 Å². The number of pyridine rings is 2. The molecule has 94 valence electrons. The highest BCUT2D eigenvalue weighted by Crippen LogP contribution is 2.16. The highest BCUT2D eigenvalue weighted by atomic mass is 19.1. The topological polar surface area (TPSA) is 86.2 Å². The van der Waals surface area contributed by atoms with E-state index in [1.54, 1.807) is 24.4 Å². The molecule has 0 spiro atoms. The lowest BCUT2D eigenvalue weighted by Crippen LogP contribution is -2.12. The van der Waals surface area contributed by atoms with Crippen molar-refractivity contribution in [1.82, 2.24) is 19.6 Å². The summed E-state index contributed by atoms with van der Waals surface area (Å²) in [5.41, 5.74) is 6.11. The van der Waals surface area contributed by atoms with Crippen molar-refractivity contribution in [3.8, 4) is 11.5 Å². The number of halogens is 1. The van der Waals surface area contributed by atoms with Crippen molar-refractivity contribution in [3.05, 3.63) is 48.0 Å². The number of hydrogen-bond donors (Lipinski definition) is 1. The van der Waals surface area contributed by atoms with Crippen LogP contribution in [-0.2, 0) is 0 Å². The van der Waals surface area contributed by atoms with Crippen LogP contribution in [0.25, 0.3) is 17.2 Å². The summed E-state index contributed by atoms with van der Waals surface area (Å²) < 4.78 is 14.5. The first kappa shape index (κ1) is 11.3. The van der Waals surface area contributed by atoms with Crippen molar-refractivity contribution in [3.63, 3.8) is 0 Å². The van der Waals surface area contributed by atoms with Gasteiger partial charge in [-0.3, -0.25) is 4.79 Å². The van der Waals surface area contributed by atoms with Crippen LogP contribution in [0.5, 0.6) is 0 Å². The smallest absolute Gasteiger partial charge is 0.252 e. The third kappa shape index (κ3) is 1.90. The fraction of sp³-hybridized carbons (Fsp3) is 0. The zero-order valence-corrected chi connectivity index (χ0v) is 9.62. The Hall–Kier alpha value is -2.83. The van der Waals surface area contributed by atoms with Crippen LogP contribution in [0.15, 0.2) is 36.5 Å². The van der Waals surface area contributed by atoms with Gasteiger partial charge in [0.05, 0.1) is 5.56 Å². The average molecular weight is 257 g/mol. The zero-order valence-electron chi connectivity index (χ0n) is 9.62. The maximum absolute atomic E-state index is 13.1. The number of amides is 1. The molecule has 1 amide bonds. The van der Waals surface area contributed by atoms with Gasteiger partial charge in [0.25, 0.3) is 5.91 Å². The quantitative estimate of drug-likeness (QED) is 0.695. The number of fused-ring (bicyclic) bond motifs is 1. The van der Waals surface area contributed by atoms with Gasteiger partial charge in [-0.15, -0.1) is 5.10 Å². The van der Waals surface area contributed by atoms with Gasteiger partial charge in [-0.25, -0.2) is 14.5 Å². The molecule has 0 fully saturated rings. The average Bonchev–Trinajstić information content (AvgIpc) is 2.82. The van der Waals surface area contributed by atoms with Gasteiger partial charge in [0.15, 0.2) is 5.65 Å². The minimum Gasteiger partial charge on any atom is -0.365 e. The maximum Gasteiger partial charge on any atom is 0.252 e. The van der Waals surface area contributed by atoms with E-state index in [1.165, 1.54) is 16.6 Å². The van der Waals surface area contributed by atoms with Crippen LogP contribution in [0.3, 0.4) is 0 Å². The van der Waals surface area contributed by atoms with Gasteiger partial charge in [-0.2, -0.15) is 4.39 Å². The fourth-order valence-electron chi connectivity index (χ4n) is 1.74. The minimum absolute atomic E-state index is 0.230. The van der Waals surface area contributed by atoms with Crippen molar-refractivity contribution in [2.75, 3.05) is 0 Å². The van der Waals surface area contributed by atoms with E-state index < -0.39 is 11.9 Å². The summed E-state index contributed by atoms with van der Waals surface area (Å²) in [6.45, 7) is 0. The number of hydrogen-bond acceptors (Lipinski definition) is 4. The van der Waals surface area contributed by atoms with E-state index in [1.807, 2.05) is 0 Å². The Morgan fingerprint density at radius 2 is 2.05 bits per heavy atom. The molecule has 0 aliphatic rings. The van der Waals surface area contributed by atoms with Crippen LogP contribution >= 0.6 is 0 Å². The molecular weight excluding hydrogens is 249 g/mol. The molecule has 19 heavy (non-hydrogen) atoms.